The molecule has 0 saturated carbocycles. The number of hydrogen-bond donors (Lipinski definition) is 1. The third-order valence-electron chi connectivity index (χ3n) is 2.75. The van der Waals surface area contributed by atoms with Crippen LogP contribution in [-0.2, 0) is 19.6 Å². The molecule has 0 aromatic heterocycles. The fourth-order valence-corrected chi connectivity index (χ4v) is 3.10. The predicted molar refractivity (Wildman–Crippen MR) is 78.0 cm³/mol. The van der Waals surface area contributed by atoms with Crippen LogP contribution in [0, 0.1) is 0 Å². The van der Waals surface area contributed by atoms with E-state index in [0.717, 1.165) is 5.56 Å². The summed E-state index contributed by atoms with van der Waals surface area (Å²) in [6, 6.07) is 6.60. The maximum Gasteiger partial charge on any atom is 0.305 e. The van der Waals surface area contributed by atoms with Crippen LogP contribution >= 0.6 is 11.6 Å². The van der Waals surface area contributed by atoms with E-state index >= 15 is 0 Å². The molecule has 1 aromatic carbocycles. The Balaban J connectivity index is 2.53. The molecule has 0 spiro atoms. The summed E-state index contributed by atoms with van der Waals surface area (Å²) in [6.45, 7) is 1.75. The van der Waals surface area contributed by atoms with Crippen LogP contribution in [0.3, 0.4) is 0 Å². The maximum atomic E-state index is 11.9. The van der Waals surface area contributed by atoms with Gasteiger partial charge in [-0.25, -0.2) is 13.1 Å². The molecular formula is C13H18ClNO4S. The van der Waals surface area contributed by atoms with Gasteiger partial charge in [0, 0.05) is 17.5 Å². The van der Waals surface area contributed by atoms with Gasteiger partial charge in [0.2, 0.25) is 10.0 Å². The number of carbonyl (C=O) groups excluding carboxylic acids is 1. The molecule has 7 heteroatoms. The van der Waals surface area contributed by atoms with Gasteiger partial charge in [-0.05, 0) is 31.0 Å². The summed E-state index contributed by atoms with van der Waals surface area (Å²) in [5.41, 5.74) is 0.825. The van der Waals surface area contributed by atoms with Crippen LogP contribution in [0.4, 0.5) is 0 Å². The molecule has 1 N–H and O–H groups in total. The second-order valence-corrected chi connectivity index (χ2v) is 6.70. The van der Waals surface area contributed by atoms with E-state index in [0.29, 0.717) is 5.02 Å². The van der Waals surface area contributed by atoms with Crippen molar-refractivity contribution in [3.05, 3.63) is 34.9 Å². The lowest BCUT2D eigenvalue weighted by molar-refractivity contribution is -0.140. The zero-order valence-corrected chi connectivity index (χ0v) is 13.0. The van der Waals surface area contributed by atoms with Crippen LogP contribution in [0.1, 0.15) is 31.4 Å². The third-order valence-corrected chi connectivity index (χ3v) is 4.54. The van der Waals surface area contributed by atoms with Gasteiger partial charge in [0.05, 0.1) is 12.9 Å². The average Bonchev–Trinajstić information content (AvgIpc) is 2.38. The molecule has 0 saturated heterocycles. The van der Waals surface area contributed by atoms with Gasteiger partial charge in [-0.15, -0.1) is 0 Å². The van der Waals surface area contributed by atoms with Crippen molar-refractivity contribution in [1.29, 1.82) is 0 Å². The maximum absolute atomic E-state index is 11.9. The summed E-state index contributed by atoms with van der Waals surface area (Å²) >= 11 is 5.78. The smallest absolute Gasteiger partial charge is 0.305 e. The molecule has 0 aliphatic rings. The Labute approximate surface area is 124 Å². The van der Waals surface area contributed by atoms with Crippen molar-refractivity contribution in [3.63, 3.8) is 0 Å². The average molecular weight is 320 g/mol. The highest BCUT2D eigenvalue weighted by atomic mass is 35.5. The standard InChI is InChI=1S/C13H18ClNO4S/c1-10(11-5-7-12(14)8-6-11)15-20(17,18)9-3-4-13(16)19-2/h5-8,10,15H,3-4,9H2,1-2H3/t10-/m0/s1. The number of methoxy groups -OCH3 is 1. The normalized spacial score (nSPS) is 12.9. The first-order valence-corrected chi connectivity index (χ1v) is 8.19. The fourth-order valence-electron chi connectivity index (χ4n) is 1.66. The van der Waals surface area contributed by atoms with E-state index in [2.05, 4.69) is 9.46 Å². The number of ether oxygens (including phenoxy) is 1. The second kappa shape index (κ2) is 7.61. The number of benzene rings is 1. The van der Waals surface area contributed by atoms with Crippen molar-refractivity contribution in [3.8, 4) is 0 Å². The van der Waals surface area contributed by atoms with Gasteiger partial charge in [0.1, 0.15) is 0 Å². The molecule has 0 fully saturated rings. The Kier molecular flexibility index (Phi) is 6.45. The first kappa shape index (κ1) is 16.9. The van der Waals surface area contributed by atoms with E-state index in [1.807, 2.05) is 0 Å². The Morgan fingerprint density at radius 1 is 1.35 bits per heavy atom. The van der Waals surface area contributed by atoms with Crippen molar-refractivity contribution in [2.24, 2.45) is 0 Å². The quantitative estimate of drug-likeness (QED) is 0.783. The van der Waals surface area contributed by atoms with E-state index in [-0.39, 0.29) is 24.6 Å². The molecule has 0 heterocycles. The lowest BCUT2D eigenvalue weighted by atomic mass is 10.1. The Morgan fingerprint density at radius 3 is 2.50 bits per heavy atom. The third kappa shape index (κ3) is 5.90. The van der Waals surface area contributed by atoms with Crippen molar-refractivity contribution >= 4 is 27.6 Å². The zero-order chi connectivity index (χ0) is 15.2. The highest BCUT2D eigenvalue weighted by Crippen LogP contribution is 2.17. The van der Waals surface area contributed by atoms with Gasteiger partial charge in [0.15, 0.2) is 0 Å². The number of hydrogen-bond acceptors (Lipinski definition) is 4. The van der Waals surface area contributed by atoms with Crippen molar-refractivity contribution < 1.29 is 17.9 Å². The van der Waals surface area contributed by atoms with E-state index in [4.69, 9.17) is 11.6 Å². The van der Waals surface area contributed by atoms with Crippen LogP contribution < -0.4 is 4.72 Å². The lowest BCUT2D eigenvalue weighted by Crippen LogP contribution is -2.29. The number of sulfonamides is 1. The minimum atomic E-state index is -3.43. The summed E-state index contributed by atoms with van der Waals surface area (Å²) in [4.78, 5) is 10.9. The van der Waals surface area contributed by atoms with Crippen LogP contribution in [-0.4, -0.2) is 27.2 Å². The molecule has 0 bridgehead atoms. The molecule has 1 aromatic rings. The monoisotopic (exact) mass is 319 g/mol. The van der Waals surface area contributed by atoms with Gasteiger partial charge < -0.3 is 4.74 Å². The second-order valence-electron chi connectivity index (χ2n) is 4.39. The fraction of sp³-hybridized carbons (Fsp3) is 0.462. The van der Waals surface area contributed by atoms with E-state index in [1.165, 1.54) is 7.11 Å². The van der Waals surface area contributed by atoms with Gasteiger partial charge in [-0.3, -0.25) is 4.79 Å². The molecule has 1 atom stereocenters. The molecule has 0 amide bonds. The number of rotatable bonds is 7. The Morgan fingerprint density at radius 2 is 1.95 bits per heavy atom. The van der Waals surface area contributed by atoms with Crippen LogP contribution in [0.5, 0.6) is 0 Å². The summed E-state index contributed by atoms with van der Waals surface area (Å²) in [7, 11) is -2.16. The minimum Gasteiger partial charge on any atom is -0.469 e. The summed E-state index contributed by atoms with van der Waals surface area (Å²) < 4.78 is 30.7. The summed E-state index contributed by atoms with van der Waals surface area (Å²) in [5.74, 6) is -0.522. The largest absolute Gasteiger partial charge is 0.469 e. The molecule has 0 aliphatic heterocycles. The number of nitrogens with one attached hydrogen (secondary N) is 1. The highest BCUT2D eigenvalue weighted by molar-refractivity contribution is 7.89. The highest BCUT2D eigenvalue weighted by Gasteiger charge is 2.16. The van der Waals surface area contributed by atoms with Gasteiger partial charge in [-0.1, -0.05) is 23.7 Å². The summed E-state index contributed by atoms with van der Waals surface area (Å²) in [6.07, 6.45) is 0.322. The molecule has 20 heavy (non-hydrogen) atoms. The molecule has 5 nitrogen and oxygen atoms in total. The summed E-state index contributed by atoms with van der Waals surface area (Å²) in [5, 5.41) is 0.599. The number of carbonyl (C=O) groups is 1. The Bertz CT molecular complexity index is 542. The van der Waals surface area contributed by atoms with Crippen LogP contribution in [0.2, 0.25) is 5.02 Å². The van der Waals surface area contributed by atoms with E-state index in [1.54, 1.807) is 31.2 Å². The SMILES string of the molecule is COC(=O)CCCS(=O)(=O)N[C@@H](C)c1ccc(Cl)cc1. The van der Waals surface area contributed by atoms with Crippen LogP contribution in [0.25, 0.3) is 0 Å². The van der Waals surface area contributed by atoms with Gasteiger partial charge >= 0.3 is 5.97 Å². The number of esters is 1. The van der Waals surface area contributed by atoms with E-state index in [9.17, 15) is 13.2 Å². The van der Waals surface area contributed by atoms with Gasteiger partial charge in [0.25, 0.3) is 0 Å². The Hall–Kier alpha value is -1.11. The predicted octanol–water partition coefficient (Wildman–Crippen LogP) is 2.27. The molecule has 1 rings (SSSR count). The molecular weight excluding hydrogens is 302 g/mol. The van der Waals surface area contributed by atoms with E-state index < -0.39 is 16.0 Å². The first-order chi connectivity index (χ1) is 9.34. The molecule has 0 unspecified atom stereocenters. The topological polar surface area (TPSA) is 72.5 Å². The zero-order valence-electron chi connectivity index (χ0n) is 11.4. The molecule has 0 aliphatic carbocycles. The van der Waals surface area contributed by atoms with Crippen molar-refractivity contribution in [2.45, 2.75) is 25.8 Å². The molecule has 0 radical (unpaired) electrons. The van der Waals surface area contributed by atoms with Crippen molar-refractivity contribution in [1.82, 2.24) is 4.72 Å². The van der Waals surface area contributed by atoms with Crippen molar-refractivity contribution in [2.75, 3.05) is 12.9 Å². The molecule has 112 valence electrons. The first-order valence-electron chi connectivity index (χ1n) is 6.16. The van der Waals surface area contributed by atoms with Gasteiger partial charge in [-0.2, -0.15) is 0 Å². The minimum absolute atomic E-state index is 0.0900. The van der Waals surface area contributed by atoms with Crippen LogP contribution in [0.15, 0.2) is 24.3 Å². The number of halogens is 1. The lowest BCUT2D eigenvalue weighted by Gasteiger charge is -2.14.